The number of aryl methyl sites for hydroxylation is 1. The number of nitrogens with zero attached hydrogens (tertiary/aromatic N) is 4. The lowest BCUT2D eigenvalue weighted by atomic mass is 9.98. The van der Waals surface area contributed by atoms with Gasteiger partial charge in [-0.3, -0.25) is 19.4 Å². The summed E-state index contributed by atoms with van der Waals surface area (Å²) < 4.78 is 0. The van der Waals surface area contributed by atoms with Crippen LogP contribution in [0.25, 0.3) is 11.4 Å². The molecule has 3 heterocycles. The molecule has 1 saturated heterocycles. The van der Waals surface area contributed by atoms with Crippen molar-refractivity contribution < 1.29 is 14.4 Å². The molecule has 32 heavy (non-hydrogen) atoms. The Labute approximate surface area is 192 Å². The van der Waals surface area contributed by atoms with E-state index in [1.807, 2.05) is 6.92 Å². The Morgan fingerprint density at radius 3 is 2.47 bits per heavy atom. The molecule has 3 amide bonds. The predicted octanol–water partition coefficient (Wildman–Crippen LogP) is 2.77. The first-order valence-electron chi connectivity index (χ1n) is 10.2. The van der Waals surface area contributed by atoms with Crippen LogP contribution in [0.3, 0.4) is 0 Å². The smallest absolute Gasteiger partial charge is 0.251 e. The van der Waals surface area contributed by atoms with Crippen molar-refractivity contribution in [2.24, 2.45) is 0 Å². The molecule has 1 fully saturated rings. The predicted molar refractivity (Wildman–Crippen MR) is 122 cm³/mol. The van der Waals surface area contributed by atoms with Gasteiger partial charge in [-0.25, -0.2) is 4.98 Å². The molecule has 0 spiro atoms. The molecule has 0 bridgehead atoms. The second-order valence-corrected chi connectivity index (χ2v) is 8.20. The monoisotopic (exact) mass is 455 g/mol. The van der Waals surface area contributed by atoms with Crippen LogP contribution in [-0.2, 0) is 9.59 Å². The largest absolute Gasteiger partial charge is 0.355 e. The molecule has 8 nitrogen and oxygen atoms in total. The van der Waals surface area contributed by atoms with Crippen molar-refractivity contribution in [3.05, 3.63) is 58.9 Å². The van der Waals surface area contributed by atoms with E-state index in [1.165, 1.54) is 13.0 Å². The minimum Gasteiger partial charge on any atom is -0.355 e. The molecule has 9 heteroatoms. The van der Waals surface area contributed by atoms with Gasteiger partial charge in [-0.05, 0) is 49.8 Å². The van der Waals surface area contributed by atoms with E-state index in [0.717, 1.165) is 5.56 Å². The molecule has 2 aromatic heterocycles. The molecular weight excluding hydrogens is 430 g/mol. The van der Waals surface area contributed by atoms with Crippen LogP contribution in [0.5, 0.6) is 0 Å². The topological polar surface area (TPSA) is 95.5 Å². The summed E-state index contributed by atoms with van der Waals surface area (Å²) in [5.74, 6) is -0.527. The van der Waals surface area contributed by atoms with Gasteiger partial charge in [-0.1, -0.05) is 18.2 Å². The Morgan fingerprint density at radius 1 is 1.16 bits per heavy atom. The minimum absolute atomic E-state index is 0.0988. The second kappa shape index (κ2) is 9.48. The fourth-order valence-electron chi connectivity index (χ4n) is 4.11. The van der Waals surface area contributed by atoms with Crippen molar-refractivity contribution in [2.75, 3.05) is 20.1 Å². The Balaban J connectivity index is 2.09. The highest BCUT2D eigenvalue weighted by molar-refractivity contribution is 6.29. The number of rotatable bonds is 4. The SMILES string of the molecule is C=CC(=O)N1C[C@@H](C)N(C(C)=O)[C@H](c2cc(Cl)nc(-c3cc(C(=O)NC)cc(C)n3)c2)C1. The molecule has 0 unspecified atom stereocenters. The van der Waals surface area contributed by atoms with E-state index in [4.69, 9.17) is 11.6 Å². The van der Waals surface area contributed by atoms with Gasteiger partial charge < -0.3 is 15.1 Å². The molecule has 0 aliphatic carbocycles. The lowest BCUT2D eigenvalue weighted by Crippen LogP contribution is -2.56. The Kier molecular flexibility index (Phi) is 6.93. The van der Waals surface area contributed by atoms with Crippen molar-refractivity contribution in [3.63, 3.8) is 0 Å². The molecule has 1 aliphatic rings. The van der Waals surface area contributed by atoms with E-state index in [-0.39, 0.29) is 28.9 Å². The fourth-order valence-corrected chi connectivity index (χ4v) is 4.32. The lowest BCUT2D eigenvalue weighted by Gasteiger charge is -2.45. The third kappa shape index (κ3) is 4.80. The number of hydrogen-bond donors (Lipinski definition) is 1. The number of carbonyl (C=O) groups excluding carboxylic acids is 3. The number of pyridine rings is 2. The van der Waals surface area contributed by atoms with E-state index in [9.17, 15) is 14.4 Å². The molecule has 3 rings (SSSR count). The summed E-state index contributed by atoms with van der Waals surface area (Å²) in [5, 5.41) is 2.83. The van der Waals surface area contributed by atoms with Gasteiger partial charge in [0, 0.05) is 44.4 Å². The van der Waals surface area contributed by atoms with Crippen LogP contribution in [0.1, 0.15) is 41.5 Å². The van der Waals surface area contributed by atoms with Crippen LogP contribution in [-0.4, -0.2) is 63.7 Å². The molecule has 2 atom stereocenters. The third-order valence-electron chi connectivity index (χ3n) is 5.44. The molecule has 1 N–H and O–H groups in total. The molecule has 2 aromatic rings. The Morgan fingerprint density at radius 2 is 1.84 bits per heavy atom. The molecule has 0 saturated carbocycles. The van der Waals surface area contributed by atoms with Gasteiger partial charge in [0.05, 0.1) is 17.4 Å². The highest BCUT2D eigenvalue weighted by Crippen LogP contribution is 2.32. The van der Waals surface area contributed by atoms with Crippen molar-refractivity contribution in [3.8, 4) is 11.4 Å². The van der Waals surface area contributed by atoms with Crippen molar-refractivity contribution >= 4 is 29.3 Å². The van der Waals surface area contributed by atoms with Crippen molar-refractivity contribution in [1.82, 2.24) is 25.1 Å². The zero-order valence-electron chi connectivity index (χ0n) is 18.6. The summed E-state index contributed by atoms with van der Waals surface area (Å²) >= 11 is 6.36. The number of nitrogens with one attached hydrogen (secondary N) is 1. The van der Waals surface area contributed by atoms with Crippen LogP contribution in [0.2, 0.25) is 5.15 Å². The zero-order valence-corrected chi connectivity index (χ0v) is 19.3. The van der Waals surface area contributed by atoms with Crippen LogP contribution < -0.4 is 5.32 Å². The maximum Gasteiger partial charge on any atom is 0.251 e. The standard InChI is InChI=1S/C23H26ClN5O3/c1-6-22(31)28-11-14(3)29(15(4)30)20(12-28)16-8-19(27-21(24)10-16)18-9-17(23(32)25-5)7-13(2)26-18/h6-10,14,20H,1,11-12H2,2-5H3,(H,25,32)/t14-,20+/m1/s1. The van der Waals surface area contributed by atoms with E-state index in [2.05, 4.69) is 21.9 Å². The third-order valence-corrected chi connectivity index (χ3v) is 5.64. The average molecular weight is 456 g/mol. The van der Waals surface area contributed by atoms with Crippen LogP contribution in [0.4, 0.5) is 0 Å². The zero-order chi connectivity index (χ0) is 23.6. The molecule has 168 valence electrons. The maximum absolute atomic E-state index is 12.5. The average Bonchev–Trinajstić information content (AvgIpc) is 2.76. The van der Waals surface area contributed by atoms with Gasteiger partial charge in [0.1, 0.15) is 5.15 Å². The summed E-state index contributed by atoms with van der Waals surface area (Å²) in [7, 11) is 1.56. The molecule has 0 radical (unpaired) electrons. The fraction of sp³-hybridized carbons (Fsp3) is 0.348. The quantitative estimate of drug-likeness (QED) is 0.565. The Hall–Kier alpha value is -3.26. The maximum atomic E-state index is 12.5. The van der Waals surface area contributed by atoms with Crippen LogP contribution in [0.15, 0.2) is 36.9 Å². The van der Waals surface area contributed by atoms with Gasteiger partial charge in [0.15, 0.2) is 0 Å². The summed E-state index contributed by atoms with van der Waals surface area (Å²) in [6.07, 6.45) is 1.27. The minimum atomic E-state index is -0.414. The normalized spacial score (nSPS) is 18.3. The molecular formula is C23H26ClN5O3. The summed E-state index contributed by atoms with van der Waals surface area (Å²) in [6, 6.07) is 6.22. The van der Waals surface area contributed by atoms with Crippen molar-refractivity contribution in [2.45, 2.75) is 32.9 Å². The molecule has 0 aromatic carbocycles. The van der Waals surface area contributed by atoms with Gasteiger partial charge in [-0.15, -0.1) is 0 Å². The number of aromatic nitrogens is 2. The number of piperazine rings is 1. The van der Waals surface area contributed by atoms with E-state index in [1.54, 1.807) is 48.0 Å². The van der Waals surface area contributed by atoms with Gasteiger partial charge in [-0.2, -0.15) is 0 Å². The van der Waals surface area contributed by atoms with Gasteiger partial charge in [0.2, 0.25) is 11.8 Å². The van der Waals surface area contributed by atoms with E-state index >= 15 is 0 Å². The lowest BCUT2D eigenvalue weighted by molar-refractivity contribution is -0.143. The summed E-state index contributed by atoms with van der Waals surface area (Å²) in [4.78, 5) is 49.3. The van der Waals surface area contributed by atoms with Gasteiger partial charge >= 0.3 is 0 Å². The van der Waals surface area contributed by atoms with Crippen LogP contribution in [0, 0.1) is 6.92 Å². The number of hydrogen-bond acceptors (Lipinski definition) is 5. The first kappa shape index (κ1) is 23.4. The Bertz CT molecular complexity index is 1090. The first-order chi connectivity index (χ1) is 15.1. The highest BCUT2D eigenvalue weighted by atomic mass is 35.5. The van der Waals surface area contributed by atoms with E-state index in [0.29, 0.717) is 35.7 Å². The summed E-state index contributed by atoms with van der Waals surface area (Å²) in [5.41, 5.74) is 2.81. The summed E-state index contributed by atoms with van der Waals surface area (Å²) in [6.45, 7) is 9.50. The highest BCUT2D eigenvalue weighted by Gasteiger charge is 2.36. The second-order valence-electron chi connectivity index (χ2n) is 7.81. The van der Waals surface area contributed by atoms with E-state index < -0.39 is 6.04 Å². The first-order valence-corrected chi connectivity index (χ1v) is 10.6. The number of carbonyl (C=O) groups is 3. The van der Waals surface area contributed by atoms with Gasteiger partial charge in [0.25, 0.3) is 5.91 Å². The number of halogens is 1. The van der Waals surface area contributed by atoms with Crippen molar-refractivity contribution in [1.29, 1.82) is 0 Å². The van der Waals surface area contributed by atoms with Crippen LogP contribution >= 0.6 is 11.6 Å². The molecule has 1 aliphatic heterocycles. The number of amides is 3.